The van der Waals surface area contributed by atoms with Crippen molar-refractivity contribution in [2.24, 2.45) is 0 Å². The van der Waals surface area contributed by atoms with Crippen LogP contribution in [0.4, 0.5) is 0 Å². The first-order valence-corrected chi connectivity index (χ1v) is 10.3. The summed E-state index contributed by atoms with van der Waals surface area (Å²) in [6.07, 6.45) is 0.586. The van der Waals surface area contributed by atoms with Crippen LogP contribution in [0, 0.1) is 0 Å². The number of hydrogen-bond donors (Lipinski definition) is 3. The van der Waals surface area contributed by atoms with Crippen molar-refractivity contribution in [2.45, 2.75) is 39.0 Å². The molecule has 3 aromatic rings. The molecular formula is C23H28N4O3. The van der Waals surface area contributed by atoms with Crippen molar-refractivity contribution in [3.05, 3.63) is 59.8 Å². The van der Waals surface area contributed by atoms with E-state index in [1.54, 1.807) is 19.2 Å². The molecule has 0 aliphatic carbocycles. The summed E-state index contributed by atoms with van der Waals surface area (Å²) in [6, 6.07) is 15.6. The molecule has 0 spiro atoms. The van der Waals surface area contributed by atoms with Gasteiger partial charge < -0.3 is 19.4 Å². The summed E-state index contributed by atoms with van der Waals surface area (Å²) in [5.74, 6) is 1.50. The van der Waals surface area contributed by atoms with Crippen LogP contribution in [0.3, 0.4) is 0 Å². The van der Waals surface area contributed by atoms with Crippen molar-refractivity contribution >= 4 is 16.8 Å². The smallest absolute Gasteiger partial charge is 0.252 e. The fourth-order valence-electron chi connectivity index (χ4n) is 3.98. The summed E-state index contributed by atoms with van der Waals surface area (Å²) < 4.78 is 13.1. The number of aromatic nitrogens is 1. The van der Waals surface area contributed by atoms with Gasteiger partial charge in [0.2, 0.25) is 0 Å². The number of aryl methyl sites for hydroxylation is 1. The molecule has 0 bridgehead atoms. The molecule has 0 radical (unpaired) electrons. The third-order valence-corrected chi connectivity index (χ3v) is 5.45. The lowest BCUT2D eigenvalue weighted by Crippen LogP contribution is -2.44. The van der Waals surface area contributed by atoms with Gasteiger partial charge in [0, 0.05) is 35.7 Å². The van der Waals surface area contributed by atoms with Crippen molar-refractivity contribution in [3.8, 4) is 11.5 Å². The second kappa shape index (κ2) is 8.77. The SMILES string of the molecule is CCOc1ccc(C(=O)NC2CC(c3cc4ccc(OC)cc4n3CC)NN2)cc1. The number of ether oxygens (including phenoxy) is 2. The molecule has 2 heterocycles. The molecule has 1 aromatic heterocycles. The van der Waals surface area contributed by atoms with Gasteiger partial charge in [-0.25, -0.2) is 10.9 Å². The van der Waals surface area contributed by atoms with Crippen LogP contribution < -0.4 is 25.6 Å². The van der Waals surface area contributed by atoms with E-state index in [0.29, 0.717) is 12.2 Å². The molecule has 1 aliphatic rings. The first kappa shape index (κ1) is 20.3. The highest BCUT2D eigenvalue weighted by molar-refractivity contribution is 5.94. The Balaban J connectivity index is 1.46. The Kier molecular flexibility index (Phi) is 5.92. The van der Waals surface area contributed by atoms with Crippen LogP contribution in [0.5, 0.6) is 11.5 Å². The zero-order chi connectivity index (χ0) is 21.1. The average molecular weight is 409 g/mol. The number of rotatable bonds is 7. The molecule has 1 amide bonds. The number of fused-ring (bicyclic) bond motifs is 1. The Hall–Kier alpha value is -3.03. The number of hydrazine groups is 1. The minimum absolute atomic E-state index is 0.0916. The van der Waals surface area contributed by atoms with Crippen LogP contribution in [0.2, 0.25) is 0 Å². The number of amides is 1. The maximum absolute atomic E-state index is 12.6. The lowest BCUT2D eigenvalue weighted by molar-refractivity contribution is 0.0932. The highest BCUT2D eigenvalue weighted by atomic mass is 16.5. The molecule has 2 atom stereocenters. The van der Waals surface area contributed by atoms with E-state index in [9.17, 15) is 4.79 Å². The second-order valence-electron chi connectivity index (χ2n) is 7.30. The third kappa shape index (κ3) is 3.99. The molecule has 4 rings (SSSR count). The highest BCUT2D eigenvalue weighted by Gasteiger charge is 2.29. The molecule has 3 N–H and O–H groups in total. The van der Waals surface area contributed by atoms with Crippen molar-refractivity contribution in [1.82, 2.24) is 20.7 Å². The van der Waals surface area contributed by atoms with Gasteiger partial charge in [-0.05, 0) is 56.3 Å². The summed E-state index contributed by atoms with van der Waals surface area (Å²) in [7, 11) is 1.68. The number of benzene rings is 2. The van der Waals surface area contributed by atoms with Gasteiger partial charge in [-0.15, -0.1) is 0 Å². The average Bonchev–Trinajstić information content (AvgIpc) is 3.37. The van der Waals surface area contributed by atoms with Gasteiger partial charge in [0.25, 0.3) is 5.91 Å². The first-order chi connectivity index (χ1) is 14.6. The fourth-order valence-corrected chi connectivity index (χ4v) is 3.98. The van der Waals surface area contributed by atoms with Gasteiger partial charge in [0.05, 0.1) is 31.4 Å². The molecule has 1 aliphatic heterocycles. The molecule has 2 aromatic carbocycles. The van der Waals surface area contributed by atoms with Crippen LogP contribution in [-0.2, 0) is 6.54 Å². The predicted molar refractivity (Wildman–Crippen MR) is 117 cm³/mol. The minimum atomic E-state index is -0.160. The summed E-state index contributed by atoms with van der Waals surface area (Å²) in [5, 5.41) is 4.23. The minimum Gasteiger partial charge on any atom is -0.497 e. The van der Waals surface area contributed by atoms with Crippen LogP contribution in [0.15, 0.2) is 48.5 Å². The molecule has 1 fully saturated rings. The molecule has 158 valence electrons. The summed E-state index contributed by atoms with van der Waals surface area (Å²) in [6.45, 7) is 5.53. The van der Waals surface area contributed by atoms with Crippen LogP contribution in [0.25, 0.3) is 10.9 Å². The van der Waals surface area contributed by atoms with E-state index < -0.39 is 0 Å². The van der Waals surface area contributed by atoms with E-state index in [-0.39, 0.29) is 18.1 Å². The maximum atomic E-state index is 12.6. The van der Waals surface area contributed by atoms with E-state index >= 15 is 0 Å². The zero-order valence-electron chi connectivity index (χ0n) is 17.6. The molecule has 1 saturated heterocycles. The quantitative estimate of drug-likeness (QED) is 0.559. The van der Waals surface area contributed by atoms with Gasteiger partial charge in [0.15, 0.2) is 0 Å². The molecule has 7 nitrogen and oxygen atoms in total. The lowest BCUT2D eigenvalue weighted by atomic mass is 10.1. The molecule has 0 saturated carbocycles. The van der Waals surface area contributed by atoms with Crippen LogP contribution >= 0.6 is 0 Å². The zero-order valence-corrected chi connectivity index (χ0v) is 17.6. The van der Waals surface area contributed by atoms with Gasteiger partial charge in [-0.3, -0.25) is 4.79 Å². The van der Waals surface area contributed by atoms with Crippen LogP contribution in [0.1, 0.15) is 42.4 Å². The molecule has 7 heteroatoms. The van der Waals surface area contributed by atoms with Gasteiger partial charge in [0.1, 0.15) is 11.5 Å². The van der Waals surface area contributed by atoms with E-state index in [2.05, 4.69) is 45.9 Å². The van der Waals surface area contributed by atoms with Crippen LogP contribution in [-0.4, -0.2) is 30.4 Å². The monoisotopic (exact) mass is 408 g/mol. The topological polar surface area (TPSA) is 76.5 Å². The van der Waals surface area contributed by atoms with E-state index in [0.717, 1.165) is 30.0 Å². The van der Waals surface area contributed by atoms with Gasteiger partial charge in [-0.2, -0.15) is 0 Å². The Bertz CT molecular complexity index is 1030. The third-order valence-electron chi connectivity index (χ3n) is 5.45. The van der Waals surface area contributed by atoms with Crippen molar-refractivity contribution in [3.63, 3.8) is 0 Å². The molecule has 30 heavy (non-hydrogen) atoms. The number of methoxy groups -OCH3 is 1. The Morgan fingerprint density at radius 2 is 1.87 bits per heavy atom. The van der Waals surface area contributed by atoms with Crippen molar-refractivity contribution in [2.75, 3.05) is 13.7 Å². The number of hydrogen-bond acceptors (Lipinski definition) is 5. The number of nitrogens with zero attached hydrogens (tertiary/aromatic N) is 1. The van der Waals surface area contributed by atoms with Gasteiger partial charge >= 0.3 is 0 Å². The molecule has 2 unspecified atom stereocenters. The number of carbonyl (C=O) groups excluding carboxylic acids is 1. The van der Waals surface area contributed by atoms with E-state index in [1.807, 2.05) is 25.1 Å². The van der Waals surface area contributed by atoms with E-state index in [1.165, 1.54) is 11.1 Å². The molecular weight excluding hydrogens is 380 g/mol. The summed E-state index contributed by atoms with van der Waals surface area (Å²) in [4.78, 5) is 12.6. The lowest BCUT2D eigenvalue weighted by Gasteiger charge is -2.14. The largest absolute Gasteiger partial charge is 0.497 e. The highest BCUT2D eigenvalue weighted by Crippen LogP contribution is 2.30. The van der Waals surface area contributed by atoms with Crippen molar-refractivity contribution < 1.29 is 14.3 Å². The number of carbonyl (C=O) groups is 1. The Labute approximate surface area is 176 Å². The first-order valence-electron chi connectivity index (χ1n) is 10.3. The normalized spacial score (nSPS) is 18.5. The Morgan fingerprint density at radius 3 is 2.57 bits per heavy atom. The van der Waals surface area contributed by atoms with Gasteiger partial charge in [-0.1, -0.05) is 0 Å². The Morgan fingerprint density at radius 1 is 1.10 bits per heavy atom. The maximum Gasteiger partial charge on any atom is 0.252 e. The second-order valence-corrected chi connectivity index (χ2v) is 7.30. The number of nitrogens with one attached hydrogen (secondary N) is 3. The predicted octanol–water partition coefficient (Wildman–Crippen LogP) is 3.36. The standard InChI is InChI=1S/C23H28N4O3/c1-4-27-20-13-18(29-3)11-8-16(20)12-21(27)19-14-22(26-25-19)24-23(28)15-6-9-17(10-7-15)30-5-2/h6-13,19,22,25-26H,4-5,14H2,1-3H3,(H,24,28). The summed E-state index contributed by atoms with van der Waals surface area (Å²) >= 11 is 0. The van der Waals surface area contributed by atoms with Crippen molar-refractivity contribution in [1.29, 1.82) is 0 Å². The van der Waals surface area contributed by atoms with E-state index in [4.69, 9.17) is 9.47 Å². The fraction of sp³-hybridized carbons (Fsp3) is 0.348. The summed E-state index contributed by atoms with van der Waals surface area (Å²) in [5.41, 5.74) is 9.49.